The molecule has 0 heterocycles. The monoisotopic (exact) mass is 570 g/mol. The average Bonchev–Trinajstić information content (AvgIpc) is 2.85. The Labute approximate surface area is 226 Å². The summed E-state index contributed by atoms with van der Waals surface area (Å²) in [6, 6.07) is 22.1. The quantitative estimate of drug-likeness (QED) is 0.298. The van der Waals surface area contributed by atoms with Crippen LogP contribution in [0.25, 0.3) is 0 Å². The number of nitrogens with one attached hydrogen (secondary N) is 1. The van der Waals surface area contributed by atoms with Crippen LogP contribution in [0.2, 0.25) is 5.02 Å². The summed E-state index contributed by atoms with van der Waals surface area (Å²) in [6.07, 6.45) is 0.390. The summed E-state index contributed by atoms with van der Waals surface area (Å²) in [5.74, 6) is 0.219. The minimum Gasteiger partial charge on any atom is -0.482 e. The smallest absolute Gasteiger partial charge is 0.261 e. The molecule has 0 aliphatic heterocycles. The van der Waals surface area contributed by atoms with E-state index in [2.05, 4.69) is 21.2 Å². The highest BCUT2D eigenvalue weighted by Crippen LogP contribution is 2.28. The zero-order valence-electron chi connectivity index (χ0n) is 20.8. The van der Waals surface area contributed by atoms with Gasteiger partial charge in [0.15, 0.2) is 6.61 Å². The van der Waals surface area contributed by atoms with Gasteiger partial charge in [-0.2, -0.15) is 0 Å². The minimum atomic E-state index is -0.706. The van der Waals surface area contributed by atoms with Gasteiger partial charge < -0.3 is 15.0 Å². The van der Waals surface area contributed by atoms with Gasteiger partial charge in [-0.1, -0.05) is 96.0 Å². The average molecular weight is 572 g/mol. The fourth-order valence-electron chi connectivity index (χ4n) is 3.76. The number of hydrogen-bond donors (Lipinski definition) is 1. The summed E-state index contributed by atoms with van der Waals surface area (Å²) >= 11 is 9.67. The SMILES string of the molecule is Cc1ccccc1CN(C(=O)COc1ccc(Br)cc1Cl)C(Cc1ccccc1)C(=O)NCC(C)C. The van der Waals surface area contributed by atoms with Crippen LogP contribution >= 0.6 is 27.5 Å². The highest BCUT2D eigenvalue weighted by molar-refractivity contribution is 9.10. The number of hydrogen-bond acceptors (Lipinski definition) is 3. The van der Waals surface area contributed by atoms with Crippen molar-refractivity contribution in [2.24, 2.45) is 5.92 Å². The van der Waals surface area contributed by atoms with E-state index in [1.807, 2.05) is 75.4 Å². The van der Waals surface area contributed by atoms with E-state index in [4.69, 9.17) is 16.3 Å². The number of halogens is 2. The molecular formula is C29H32BrClN2O3. The summed E-state index contributed by atoms with van der Waals surface area (Å²) in [5.41, 5.74) is 3.00. The standard InChI is InChI=1S/C29H32BrClN2O3/c1-20(2)17-32-29(35)26(15-22-10-5-4-6-11-22)33(18-23-12-8-7-9-21(23)3)28(34)19-36-27-14-13-24(30)16-25(27)31/h4-14,16,20,26H,15,17-19H2,1-3H3,(H,32,35). The Bertz CT molecular complexity index is 1170. The van der Waals surface area contributed by atoms with Crippen molar-refractivity contribution in [3.8, 4) is 5.75 Å². The first-order valence-corrected chi connectivity index (χ1v) is 13.1. The van der Waals surface area contributed by atoms with Crippen molar-refractivity contribution in [1.82, 2.24) is 10.2 Å². The third-order valence-corrected chi connectivity index (χ3v) is 6.59. The van der Waals surface area contributed by atoms with Gasteiger partial charge in [0.2, 0.25) is 5.91 Å². The Morgan fingerprint density at radius 1 is 1.03 bits per heavy atom. The van der Waals surface area contributed by atoms with Crippen LogP contribution < -0.4 is 10.1 Å². The number of ether oxygens (including phenoxy) is 1. The number of amides is 2. The van der Waals surface area contributed by atoms with Crippen LogP contribution in [-0.4, -0.2) is 35.9 Å². The molecule has 3 rings (SSSR count). The maximum Gasteiger partial charge on any atom is 0.261 e. The summed E-state index contributed by atoms with van der Waals surface area (Å²) in [7, 11) is 0. The lowest BCUT2D eigenvalue weighted by Crippen LogP contribution is -2.52. The van der Waals surface area contributed by atoms with E-state index in [1.54, 1.807) is 23.1 Å². The van der Waals surface area contributed by atoms with Gasteiger partial charge in [-0.05, 0) is 47.7 Å². The van der Waals surface area contributed by atoms with E-state index in [0.717, 1.165) is 21.2 Å². The Morgan fingerprint density at radius 3 is 2.39 bits per heavy atom. The second-order valence-corrected chi connectivity index (χ2v) is 10.5. The third kappa shape index (κ3) is 8.10. The van der Waals surface area contributed by atoms with Crippen molar-refractivity contribution < 1.29 is 14.3 Å². The molecule has 3 aromatic rings. The van der Waals surface area contributed by atoms with Crippen LogP contribution in [-0.2, 0) is 22.6 Å². The molecule has 1 unspecified atom stereocenters. The van der Waals surface area contributed by atoms with Crippen LogP contribution in [0.4, 0.5) is 0 Å². The number of carbonyl (C=O) groups is 2. The molecule has 36 heavy (non-hydrogen) atoms. The van der Waals surface area contributed by atoms with Gasteiger partial charge in [0.25, 0.3) is 5.91 Å². The molecule has 0 aliphatic rings. The normalized spacial score (nSPS) is 11.7. The second kappa shape index (κ2) is 13.5. The van der Waals surface area contributed by atoms with Gasteiger partial charge in [-0.25, -0.2) is 0 Å². The molecule has 190 valence electrons. The Kier molecular flexibility index (Phi) is 10.4. The highest BCUT2D eigenvalue weighted by atomic mass is 79.9. The Hall–Kier alpha value is -2.83. The van der Waals surface area contributed by atoms with Gasteiger partial charge in [0.1, 0.15) is 11.8 Å². The van der Waals surface area contributed by atoms with Crippen molar-refractivity contribution in [1.29, 1.82) is 0 Å². The maximum absolute atomic E-state index is 13.7. The molecule has 7 heteroatoms. The molecule has 0 saturated heterocycles. The number of benzene rings is 3. The van der Waals surface area contributed by atoms with E-state index in [9.17, 15) is 9.59 Å². The predicted octanol–water partition coefficient (Wildman–Crippen LogP) is 6.20. The molecule has 0 fully saturated rings. The van der Waals surface area contributed by atoms with Gasteiger partial charge in [0.05, 0.1) is 5.02 Å². The van der Waals surface area contributed by atoms with E-state index in [1.165, 1.54) is 0 Å². The second-order valence-electron chi connectivity index (χ2n) is 9.16. The summed E-state index contributed by atoms with van der Waals surface area (Å²) in [6.45, 7) is 6.66. The molecule has 1 N–H and O–H groups in total. The molecule has 0 spiro atoms. The van der Waals surface area contributed by atoms with E-state index in [0.29, 0.717) is 23.7 Å². The van der Waals surface area contributed by atoms with Crippen molar-refractivity contribution in [2.45, 2.75) is 39.8 Å². The molecule has 0 radical (unpaired) electrons. The number of rotatable bonds is 11. The molecule has 5 nitrogen and oxygen atoms in total. The first kappa shape index (κ1) is 27.8. The molecule has 0 aromatic heterocycles. The first-order chi connectivity index (χ1) is 17.2. The molecule has 3 aromatic carbocycles. The van der Waals surface area contributed by atoms with E-state index < -0.39 is 6.04 Å². The van der Waals surface area contributed by atoms with Crippen molar-refractivity contribution in [3.05, 3.63) is 99.0 Å². The number of aryl methyl sites for hydroxylation is 1. The highest BCUT2D eigenvalue weighted by Gasteiger charge is 2.31. The van der Waals surface area contributed by atoms with Gasteiger partial charge >= 0.3 is 0 Å². The number of nitrogens with zero attached hydrogens (tertiary/aromatic N) is 1. The van der Waals surface area contributed by atoms with Crippen molar-refractivity contribution >= 4 is 39.3 Å². The molecular weight excluding hydrogens is 540 g/mol. The summed E-state index contributed by atoms with van der Waals surface area (Å²) < 4.78 is 6.62. The van der Waals surface area contributed by atoms with E-state index >= 15 is 0 Å². The molecule has 0 saturated carbocycles. The zero-order chi connectivity index (χ0) is 26.1. The van der Waals surface area contributed by atoms with Crippen molar-refractivity contribution in [2.75, 3.05) is 13.2 Å². The van der Waals surface area contributed by atoms with Gasteiger partial charge in [0, 0.05) is 24.0 Å². The molecule has 1 atom stereocenters. The Balaban J connectivity index is 1.92. The predicted molar refractivity (Wildman–Crippen MR) is 148 cm³/mol. The lowest BCUT2D eigenvalue weighted by molar-refractivity contribution is -0.142. The minimum absolute atomic E-state index is 0.184. The van der Waals surface area contributed by atoms with Crippen LogP contribution in [0.3, 0.4) is 0 Å². The fraction of sp³-hybridized carbons (Fsp3) is 0.310. The van der Waals surface area contributed by atoms with E-state index in [-0.39, 0.29) is 30.9 Å². The topological polar surface area (TPSA) is 58.6 Å². The zero-order valence-corrected chi connectivity index (χ0v) is 23.2. The van der Waals surface area contributed by atoms with Crippen LogP contribution in [0.1, 0.15) is 30.5 Å². The first-order valence-electron chi connectivity index (χ1n) is 12.0. The lowest BCUT2D eigenvalue weighted by atomic mass is 10.0. The molecule has 2 amide bonds. The van der Waals surface area contributed by atoms with Crippen LogP contribution in [0.5, 0.6) is 5.75 Å². The molecule has 0 aliphatic carbocycles. The third-order valence-electron chi connectivity index (χ3n) is 5.80. The fourth-order valence-corrected chi connectivity index (χ4v) is 4.49. The Morgan fingerprint density at radius 2 is 1.72 bits per heavy atom. The maximum atomic E-state index is 13.7. The summed E-state index contributed by atoms with van der Waals surface area (Å²) in [4.78, 5) is 28.7. The van der Waals surface area contributed by atoms with Gasteiger partial charge in [-0.15, -0.1) is 0 Å². The van der Waals surface area contributed by atoms with Crippen LogP contribution in [0, 0.1) is 12.8 Å². The molecule has 0 bridgehead atoms. The van der Waals surface area contributed by atoms with Gasteiger partial charge in [-0.3, -0.25) is 9.59 Å². The summed E-state index contributed by atoms with van der Waals surface area (Å²) in [5, 5.41) is 3.43. The largest absolute Gasteiger partial charge is 0.482 e. The van der Waals surface area contributed by atoms with Crippen LogP contribution in [0.15, 0.2) is 77.3 Å². The lowest BCUT2D eigenvalue weighted by Gasteiger charge is -2.32. The number of carbonyl (C=O) groups excluding carboxylic acids is 2. The van der Waals surface area contributed by atoms with Crippen molar-refractivity contribution in [3.63, 3.8) is 0 Å².